The van der Waals surface area contributed by atoms with Crippen molar-refractivity contribution in [2.24, 2.45) is 28.6 Å². The Balaban J connectivity index is 1.11. The smallest absolute Gasteiger partial charge is 0.222 e. The van der Waals surface area contributed by atoms with E-state index in [9.17, 15) is 20.1 Å². The molecule has 1 spiro atoms. The van der Waals surface area contributed by atoms with E-state index in [1.165, 1.54) is 56.9 Å². The molecule has 0 aliphatic heterocycles. The molecule has 4 aliphatic carbocycles. The van der Waals surface area contributed by atoms with E-state index < -0.39 is 6.10 Å². The molecule has 4 aliphatic rings. The van der Waals surface area contributed by atoms with E-state index in [-0.39, 0.29) is 28.6 Å². The van der Waals surface area contributed by atoms with Gasteiger partial charge in [-0.05, 0) is 104 Å². The third kappa shape index (κ3) is 5.96. The summed E-state index contributed by atoms with van der Waals surface area (Å²) in [5.41, 5.74) is 2.52. The van der Waals surface area contributed by atoms with Gasteiger partial charge in [0, 0.05) is 25.4 Å². The Morgan fingerprint density at radius 2 is 1.63 bits per heavy atom. The zero-order valence-corrected chi connectivity index (χ0v) is 26.1. The molecule has 0 aromatic heterocycles. The molecule has 3 fully saturated rings. The fraction of sp³-hybridized carbons (Fsp3) is 0.806. The number of aliphatic hydroxyl groups excluding tert-OH is 2. The Morgan fingerprint density at radius 1 is 0.951 bits per heavy atom. The van der Waals surface area contributed by atoms with E-state index in [1.54, 1.807) is 6.07 Å². The van der Waals surface area contributed by atoms with Gasteiger partial charge in [0.1, 0.15) is 5.75 Å². The fourth-order valence-corrected chi connectivity index (χ4v) is 9.79. The molecule has 0 radical (unpaired) electrons. The van der Waals surface area contributed by atoms with Crippen molar-refractivity contribution >= 4 is 5.91 Å². The van der Waals surface area contributed by atoms with Gasteiger partial charge in [-0.25, -0.2) is 0 Å². The van der Waals surface area contributed by atoms with Gasteiger partial charge in [-0.15, -0.1) is 0 Å². The SMILES string of the molecule is CCCCN(C)C(=O)CCCCCCCCCC[C@H]1C2C(CC[C@@]3(C)C2C[C@@H](O)C32CC2)c2ccc(O)cc2[C@H]1O. The summed E-state index contributed by atoms with van der Waals surface area (Å²) in [6, 6.07) is 5.69. The van der Waals surface area contributed by atoms with Crippen LogP contribution in [0.2, 0.25) is 0 Å². The van der Waals surface area contributed by atoms with Gasteiger partial charge in [-0.3, -0.25) is 4.79 Å². The van der Waals surface area contributed by atoms with E-state index >= 15 is 0 Å². The van der Waals surface area contributed by atoms with E-state index in [0.717, 1.165) is 63.5 Å². The van der Waals surface area contributed by atoms with Gasteiger partial charge in [0.25, 0.3) is 0 Å². The molecule has 0 bridgehead atoms. The number of hydrogen-bond acceptors (Lipinski definition) is 4. The molecule has 0 saturated heterocycles. The standard InChI is InChI=1S/C36H57NO4/c1-4-5-22-37(3)32(40)15-13-11-9-7-6-8-10-12-14-28-33-27(26-17-16-25(38)23-29(26)34(28)41)18-19-35(2)30(33)24-31(39)36(35)20-21-36/h16-17,23,27-28,30-31,33-34,38-39,41H,4-15,18-22,24H2,1-3H3/t27?,28-,30?,31+,33?,34-,35-/m0/s1. The highest BCUT2D eigenvalue weighted by Crippen LogP contribution is 2.76. The maximum atomic E-state index is 12.2. The molecule has 3 unspecified atom stereocenters. The maximum absolute atomic E-state index is 12.2. The van der Waals surface area contributed by atoms with Gasteiger partial charge >= 0.3 is 0 Å². The molecule has 3 saturated carbocycles. The third-order valence-corrected chi connectivity index (χ3v) is 12.4. The number of aliphatic hydroxyl groups is 2. The minimum Gasteiger partial charge on any atom is -0.508 e. The molecule has 1 aromatic rings. The van der Waals surface area contributed by atoms with Crippen LogP contribution in [-0.4, -0.2) is 45.8 Å². The molecule has 0 heterocycles. The number of phenolic OH excluding ortho intramolecular Hbond substituents is 1. The minimum atomic E-state index is -0.530. The maximum Gasteiger partial charge on any atom is 0.222 e. The van der Waals surface area contributed by atoms with Crippen LogP contribution >= 0.6 is 0 Å². The van der Waals surface area contributed by atoms with Crippen molar-refractivity contribution in [3.05, 3.63) is 29.3 Å². The number of carbonyl (C=O) groups is 1. The lowest BCUT2D eigenvalue weighted by atomic mass is 9.50. The number of amides is 1. The van der Waals surface area contributed by atoms with Crippen LogP contribution in [0.4, 0.5) is 0 Å². The number of benzene rings is 1. The van der Waals surface area contributed by atoms with Gasteiger partial charge in [0.15, 0.2) is 0 Å². The summed E-state index contributed by atoms with van der Waals surface area (Å²) in [6.07, 6.45) is 18.2. The van der Waals surface area contributed by atoms with Gasteiger partial charge in [0.2, 0.25) is 5.91 Å². The highest BCUT2D eigenvalue weighted by molar-refractivity contribution is 5.75. The Kier molecular flexibility index (Phi) is 9.75. The zero-order chi connectivity index (χ0) is 29.2. The number of unbranched alkanes of at least 4 members (excludes halogenated alkanes) is 8. The highest BCUT2D eigenvalue weighted by atomic mass is 16.3. The normalized spacial score (nSPS) is 32.8. The van der Waals surface area contributed by atoms with Gasteiger partial charge in [-0.2, -0.15) is 0 Å². The molecular weight excluding hydrogens is 510 g/mol. The van der Waals surface area contributed by atoms with E-state index in [4.69, 9.17) is 0 Å². The van der Waals surface area contributed by atoms with Gasteiger partial charge in [0.05, 0.1) is 12.2 Å². The number of aromatic hydroxyl groups is 1. The number of rotatable bonds is 14. The first-order chi connectivity index (χ1) is 19.7. The van der Waals surface area contributed by atoms with Crippen LogP contribution in [0.15, 0.2) is 18.2 Å². The number of nitrogens with zero attached hydrogens (tertiary/aromatic N) is 1. The molecule has 230 valence electrons. The first kappa shape index (κ1) is 30.9. The molecule has 5 nitrogen and oxygen atoms in total. The van der Waals surface area contributed by atoms with Crippen molar-refractivity contribution in [1.29, 1.82) is 0 Å². The van der Waals surface area contributed by atoms with Crippen LogP contribution in [0.1, 0.15) is 146 Å². The van der Waals surface area contributed by atoms with Crippen molar-refractivity contribution in [3.8, 4) is 5.75 Å². The van der Waals surface area contributed by atoms with Crippen molar-refractivity contribution in [3.63, 3.8) is 0 Å². The summed E-state index contributed by atoms with van der Waals surface area (Å²) < 4.78 is 0. The van der Waals surface area contributed by atoms with Crippen LogP contribution in [0.3, 0.4) is 0 Å². The summed E-state index contributed by atoms with van der Waals surface area (Å²) in [4.78, 5) is 14.1. The average Bonchev–Trinajstić information content (AvgIpc) is 3.75. The van der Waals surface area contributed by atoms with Gasteiger partial charge in [-0.1, -0.05) is 71.3 Å². The first-order valence-electron chi connectivity index (χ1n) is 17.2. The van der Waals surface area contributed by atoms with Crippen molar-refractivity contribution in [1.82, 2.24) is 4.90 Å². The van der Waals surface area contributed by atoms with Crippen LogP contribution in [-0.2, 0) is 4.79 Å². The molecule has 5 rings (SSSR count). The van der Waals surface area contributed by atoms with Crippen LogP contribution in [0.25, 0.3) is 0 Å². The number of carbonyl (C=O) groups excluding carboxylic acids is 1. The Hall–Kier alpha value is -1.59. The second-order valence-electron chi connectivity index (χ2n) is 14.6. The Labute approximate surface area is 249 Å². The molecule has 3 N–H and O–H groups in total. The summed E-state index contributed by atoms with van der Waals surface area (Å²) in [5.74, 6) is 2.06. The molecular formula is C36H57NO4. The third-order valence-electron chi connectivity index (χ3n) is 12.4. The lowest BCUT2D eigenvalue weighted by Crippen LogP contribution is -2.47. The van der Waals surface area contributed by atoms with Crippen LogP contribution in [0, 0.1) is 28.6 Å². The molecule has 1 aromatic carbocycles. The van der Waals surface area contributed by atoms with Crippen molar-refractivity contribution < 1.29 is 20.1 Å². The van der Waals surface area contributed by atoms with Gasteiger partial charge < -0.3 is 20.2 Å². The fourth-order valence-electron chi connectivity index (χ4n) is 9.79. The average molecular weight is 568 g/mol. The number of fused-ring (bicyclic) bond motifs is 6. The van der Waals surface area contributed by atoms with Crippen LogP contribution < -0.4 is 0 Å². The summed E-state index contributed by atoms with van der Waals surface area (Å²) in [5, 5.41) is 33.2. The topological polar surface area (TPSA) is 81.0 Å². The lowest BCUT2D eigenvalue weighted by molar-refractivity contribution is -0.130. The number of phenols is 1. The predicted octanol–water partition coefficient (Wildman–Crippen LogP) is 7.88. The molecule has 41 heavy (non-hydrogen) atoms. The first-order valence-corrected chi connectivity index (χ1v) is 17.2. The zero-order valence-electron chi connectivity index (χ0n) is 26.1. The van der Waals surface area contributed by atoms with E-state index in [0.29, 0.717) is 30.1 Å². The Morgan fingerprint density at radius 3 is 2.32 bits per heavy atom. The molecule has 1 amide bonds. The lowest BCUT2D eigenvalue weighted by Gasteiger charge is -2.55. The summed E-state index contributed by atoms with van der Waals surface area (Å²) >= 11 is 0. The van der Waals surface area contributed by atoms with E-state index in [1.807, 2.05) is 18.0 Å². The molecule has 7 atom stereocenters. The van der Waals surface area contributed by atoms with E-state index in [2.05, 4.69) is 19.9 Å². The monoisotopic (exact) mass is 567 g/mol. The van der Waals surface area contributed by atoms with Crippen molar-refractivity contribution in [2.45, 2.75) is 141 Å². The number of hydrogen-bond donors (Lipinski definition) is 3. The second kappa shape index (κ2) is 13.0. The highest BCUT2D eigenvalue weighted by Gasteiger charge is 2.71. The predicted molar refractivity (Wildman–Crippen MR) is 165 cm³/mol. The van der Waals surface area contributed by atoms with Crippen LogP contribution in [0.5, 0.6) is 5.75 Å². The molecule has 5 heteroatoms. The summed E-state index contributed by atoms with van der Waals surface area (Å²) in [6.45, 7) is 5.51. The minimum absolute atomic E-state index is 0.131. The largest absolute Gasteiger partial charge is 0.508 e. The second-order valence-corrected chi connectivity index (χ2v) is 14.6. The quantitative estimate of drug-likeness (QED) is 0.200. The summed E-state index contributed by atoms with van der Waals surface area (Å²) in [7, 11) is 1.93. The Bertz CT molecular complexity index is 1040. The van der Waals surface area contributed by atoms with Crippen molar-refractivity contribution in [2.75, 3.05) is 13.6 Å².